The maximum absolute atomic E-state index is 11.4. The lowest BCUT2D eigenvalue weighted by atomic mass is 9.98. The molecule has 2 aliphatic rings. The fraction of sp³-hybridized carbons (Fsp3) is 0.350. The van der Waals surface area contributed by atoms with Crippen LogP contribution in [0.4, 0.5) is 0 Å². The number of aliphatic hydroxyl groups excluding tert-OH is 1. The van der Waals surface area contributed by atoms with Crippen molar-refractivity contribution in [2.24, 2.45) is 0 Å². The SMILES string of the molecule is O=C1C[C@H]2O[C@H]([C@H](OCc3ccccc3)c3ccccc3)[C@H](O)[C@H]2O1. The third kappa shape index (κ3) is 3.31. The van der Waals surface area contributed by atoms with E-state index in [1.165, 1.54) is 0 Å². The Morgan fingerprint density at radius 2 is 1.76 bits per heavy atom. The van der Waals surface area contributed by atoms with E-state index in [1.807, 2.05) is 60.7 Å². The molecule has 2 fully saturated rings. The number of benzene rings is 2. The molecule has 0 aromatic heterocycles. The molecule has 0 aliphatic carbocycles. The van der Waals surface area contributed by atoms with Crippen molar-refractivity contribution in [2.45, 2.75) is 43.5 Å². The molecule has 5 nitrogen and oxygen atoms in total. The van der Waals surface area contributed by atoms with Crippen LogP contribution in [0.5, 0.6) is 0 Å². The van der Waals surface area contributed by atoms with Crippen molar-refractivity contribution < 1.29 is 24.1 Å². The van der Waals surface area contributed by atoms with Gasteiger partial charge in [-0.3, -0.25) is 4.79 Å². The fourth-order valence-corrected chi connectivity index (χ4v) is 3.47. The minimum atomic E-state index is -0.905. The molecule has 2 aromatic rings. The minimum absolute atomic E-state index is 0.179. The van der Waals surface area contributed by atoms with E-state index in [1.54, 1.807) is 0 Å². The van der Waals surface area contributed by atoms with Gasteiger partial charge in [0.1, 0.15) is 24.4 Å². The summed E-state index contributed by atoms with van der Waals surface area (Å²) in [6.07, 6.45) is -2.76. The molecule has 130 valence electrons. The van der Waals surface area contributed by atoms with Crippen LogP contribution in [0.15, 0.2) is 60.7 Å². The quantitative estimate of drug-likeness (QED) is 0.847. The summed E-state index contributed by atoms with van der Waals surface area (Å²) < 4.78 is 17.3. The molecule has 2 aliphatic heterocycles. The zero-order chi connectivity index (χ0) is 17.2. The summed E-state index contributed by atoms with van der Waals surface area (Å²) in [6.45, 7) is 0.405. The van der Waals surface area contributed by atoms with Gasteiger partial charge in [-0.1, -0.05) is 60.7 Å². The first kappa shape index (κ1) is 16.3. The zero-order valence-electron chi connectivity index (χ0n) is 13.7. The topological polar surface area (TPSA) is 65.0 Å². The standard InChI is InChI=1S/C20H20O5/c21-16-11-15-19(25-16)17(22)20(24-15)18(14-9-5-2-6-10-14)23-12-13-7-3-1-4-8-13/h1-10,15,17-20,22H,11-12H2/t15-,17-,18-,19+,20+/m1/s1. The molecule has 2 aromatic carbocycles. The van der Waals surface area contributed by atoms with Gasteiger partial charge in [0, 0.05) is 0 Å². The van der Waals surface area contributed by atoms with Gasteiger partial charge < -0.3 is 19.3 Å². The van der Waals surface area contributed by atoms with Crippen LogP contribution in [0.2, 0.25) is 0 Å². The van der Waals surface area contributed by atoms with Crippen LogP contribution in [0.3, 0.4) is 0 Å². The Labute approximate surface area is 146 Å². The van der Waals surface area contributed by atoms with Crippen LogP contribution in [0, 0.1) is 0 Å². The molecule has 2 saturated heterocycles. The Morgan fingerprint density at radius 3 is 2.44 bits per heavy atom. The maximum Gasteiger partial charge on any atom is 0.309 e. The van der Waals surface area contributed by atoms with E-state index >= 15 is 0 Å². The highest BCUT2D eigenvalue weighted by Gasteiger charge is 2.53. The van der Waals surface area contributed by atoms with Gasteiger partial charge in [-0.25, -0.2) is 0 Å². The normalized spacial score (nSPS) is 29.2. The van der Waals surface area contributed by atoms with E-state index in [0.717, 1.165) is 11.1 Å². The first-order valence-electron chi connectivity index (χ1n) is 8.46. The van der Waals surface area contributed by atoms with Crippen LogP contribution in [-0.4, -0.2) is 35.5 Å². The minimum Gasteiger partial charge on any atom is -0.457 e. The summed E-state index contributed by atoms with van der Waals surface area (Å²) in [5.41, 5.74) is 1.97. The largest absolute Gasteiger partial charge is 0.457 e. The van der Waals surface area contributed by atoms with E-state index < -0.39 is 30.5 Å². The smallest absolute Gasteiger partial charge is 0.309 e. The monoisotopic (exact) mass is 340 g/mol. The number of rotatable bonds is 5. The molecule has 0 bridgehead atoms. The average Bonchev–Trinajstić information content (AvgIpc) is 3.15. The van der Waals surface area contributed by atoms with Gasteiger partial charge in [-0.2, -0.15) is 0 Å². The van der Waals surface area contributed by atoms with Gasteiger partial charge in [0.15, 0.2) is 6.10 Å². The van der Waals surface area contributed by atoms with Crippen LogP contribution in [-0.2, 0) is 25.6 Å². The number of carbonyl (C=O) groups is 1. The lowest BCUT2D eigenvalue weighted by Crippen LogP contribution is -2.36. The van der Waals surface area contributed by atoms with Crippen LogP contribution in [0.1, 0.15) is 23.7 Å². The summed E-state index contributed by atoms with van der Waals surface area (Å²) in [5, 5.41) is 10.6. The second-order valence-electron chi connectivity index (χ2n) is 6.42. The highest BCUT2D eigenvalue weighted by molar-refractivity contribution is 5.73. The summed E-state index contributed by atoms with van der Waals surface area (Å²) in [5.74, 6) is -0.325. The van der Waals surface area contributed by atoms with Crippen molar-refractivity contribution in [3.8, 4) is 0 Å². The van der Waals surface area contributed by atoms with E-state index in [9.17, 15) is 9.90 Å². The van der Waals surface area contributed by atoms with Gasteiger partial charge >= 0.3 is 5.97 Å². The fourth-order valence-electron chi connectivity index (χ4n) is 3.47. The van der Waals surface area contributed by atoms with Crippen molar-refractivity contribution in [1.82, 2.24) is 0 Å². The molecule has 1 N–H and O–H groups in total. The molecule has 5 atom stereocenters. The van der Waals surface area contributed by atoms with Crippen LogP contribution < -0.4 is 0 Å². The van der Waals surface area contributed by atoms with Crippen molar-refractivity contribution >= 4 is 5.97 Å². The molecule has 25 heavy (non-hydrogen) atoms. The van der Waals surface area contributed by atoms with Gasteiger partial charge in [-0.05, 0) is 11.1 Å². The summed E-state index contributed by atoms with van der Waals surface area (Å²) in [4.78, 5) is 11.4. The predicted octanol–water partition coefficient (Wildman–Crippen LogP) is 2.39. The van der Waals surface area contributed by atoms with Gasteiger partial charge in [0.2, 0.25) is 0 Å². The molecule has 4 rings (SSSR count). The number of aliphatic hydroxyl groups is 1. The Morgan fingerprint density at radius 1 is 1.08 bits per heavy atom. The summed E-state index contributed by atoms with van der Waals surface area (Å²) in [7, 11) is 0. The number of hydrogen-bond acceptors (Lipinski definition) is 5. The zero-order valence-corrected chi connectivity index (χ0v) is 13.7. The molecular formula is C20H20O5. The van der Waals surface area contributed by atoms with Crippen molar-refractivity contribution in [2.75, 3.05) is 0 Å². The molecule has 5 heteroatoms. The Hall–Kier alpha value is -2.21. The van der Waals surface area contributed by atoms with Gasteiger partial charge in [-0.15, -0.1) is 0 Å². The lowest BCUT2D eigenvalue weighted by Gasteiger charge is -2.27. The molecule has 0 saturated carbocycles. The number of ether oxygens (including phenoxy) is 3. The van der Waals surface area contributed by atoms with E-state index in [2.05, 4.69) is 0 Å². The third-order valence-electron chi connectivity index (χ3n) is 4.71. The number of hydrogen-bond donors (Lipinski definition) is 1. The Bertz CT molecular complexity index is 717. The average molecular weight is 340 g/mol. The predicted molar refractivity (Wildman–Crippen MR) is 89.6 cm³/mol. The molecule has 0 radical (unpaired) electrons. The highest BCUT2D eigenvalue weighted by Crippen LogP contribution is 2.39. The maximum atomic E-state index is 11.4. The van der Waals surface area contributed by atoms with Crippen LogP contribution in [0.25, 0.3) is 0 Å². The molecule has 0 amide bonds. The summed E-state index contributed by atoms with van der Waals surface area (Å²) in [6, 6.07) is 19.5. The second kappa shape index (κ2) is 6.96. The van der Waals surface area contributed by atoms with Crippen LogP contribution >= 0.6 is 0 Å². The van der Waals surface area contributed by atoms with E-state index in [4.69, 9.17) is 14.2 Å². The molecule has 0 spiro atoms. The van der Waals surface area contributed by atoms with Gasteiger partial charge in [0.25, 0.3) is 0 Å². The van der Waals surface area contributed by atoms with Gasteiger partial charge in [0.05, 0.1) is 13.0 Å². The van der Waals surface area contributed by atoms with Crippen molar-refractivity contribution in [1.29, 1.82) is 0 Å². The number of fused-ring (bicyclic) bond motifs is 1. The molecule has 2 heterocycles. The van der Waals surface area contributed by atoms with E-state index in [0.29, 0.717) is 6.61 Å². The van der Waals surface area contributed by atoms with E-state index in [-0.39, 0.29) is 12.4 Å². The number of esters is 1. The third-order valence-corrected chi connectivity index (χ3v) is 4.71. The lowest BCUT2D eigenvalue weighted by molar-refractivity contribution is -0.149. The first-order valence-corrected chi connectivity index (χ1v) is 8.46. The Kier molecular flexibility index (Phi) is 4.53. The molecule has 0 unspecified atom stereocenters. The van der Waals surface area contributed by atoms with Crippen molar-refractivity contribution in [3.05, 3.63) is 71.8 Å². The first-order chi connectivity index (χ1) is 12.2. The Balaban J connectivity index is 1.55. The number of carbonyl (C=O) groups excluding carboxylic acids is 1. The highest BCUT2D eigenvalue weighted by atomic mass is 16.6. The summed E-state index contributed by atoms with van der Waals surface area (Å²) >= 11 is 0. The second-order valence-corrected chi connectivity index (χ2v) is 6.42. The molecular weight excluding hydrogens is 320 g/mol. The van der Waals surface area contributed by atoms with Crippen molar-refractivity contribution in [3.63, 3.8) is 0 Å².